The largest absolute Gasteiger partial charge is 0.452 e. The van der Waals surface area contributed by atoms with E-state index in [1.54, 1.807) is 19.1 Å². The van der Waals surface area contributed by atoms with Gasteiger partial charge in [-0.05, 0) is 13.0 Å². The fraction of sp³-hybridized carbons (Fsp3) is 0.105. The molecule has 0 atom stereocenters. The molecule has 28 heavy (non-hydrogen) atoms. The van der Waals surface area contributed by atoms with Crippen molar-refractivity contribution in [2.75, 3.05) is 11.9 Å². The molecule has 0 aliphatic carbocycles. The summed E-state index contributed by atoms with van der Waals surface area (Å²) >= 11 is 0. The molecule has 0 saturated heterocycles. The van der Waals surface area contributed by atoms with Crippen LogP contribution in [0.2, 0.25) is 0 Å². The van der Waals surface area contributed by atoms with E-state index in [1.165, 1.54) is 24.4 Å². The van der Waals surface area contributed by atoms with Gasteiger partial charge in [0.25, 0.3) is 11.6 Å². The maximum absolute atomic E-state index is 12.3. The number of H-pyrrole nitrogens is 1. The van der Waals surface area contributed by atoms with Crippen LogP contribution in [0.25, 0.3) is 11.3 Å². The Morgan fingerprint density at radius 2 is 1.96 bits per heavy atom. The van der Waals surface area contributed by atoms with Gasteiger partial charge in [0, 0.05) is 22.9 Å². The number of nitro groups is 1. The van der Waals surface area contributed by atoms with E-state index < -0.39 is 23.4 Å². The van der Waals surface area contributed by atoms with Gasteiger partial charge in [0.2, 0.25) is 0 Å². The number of carbonyl (C=O) groups is 2. The number of aryl methyl sites for hydroxylation is 1. The van der Waals surface area contributed by atoms with E-state index in [-0.39, 0.29) is 16.9 Å². The van der Waals surface area contributed by atoms with Crippen molar-refractivity contribution >= 4 is 23.3 Å². The molecular weight excluding hydrogens is 364 g/mol. The van der Waals surface area contributed by atoms with Crippen LogP contribution in [0.3, 0.4) is 0 Å². The number of nitrogens with one attached hydrogen (secondary N) is 2. The van der Waals surface area contributed by atoms with E-state index in [1.807, 2.05) is 18.2 Å². The van der Waals surface area contributed by atoms with Crippen molar-refractivity contribution in [1.29, 1.82) is 0 Å². The van der Waals surface area contributed by atoms with Crippen LogP contribution in [0.4, 0.5) is 11.4 Å². The highest BCUT2D eigenvalue weighted by Gasteiger charge is 2.18. The molecule has 2 aromatic carbocycles. The number of hydrogen-bond donors (Lipinski definition) is 2. The molecule has 0 spiro atoms. The lowest BCUT2D eigenvalue weighted by atomic mass is 10.1. The number of benzene rings is 2. The fourth-order valence-corrected chi connectivity index (χ4v) is 2.56. The minimum atomic E-state index is -0.711. The number of aromatic amines is 1. The Hall–Kier alpha value is -4.01. The summed E-state index contributed by atoms with van der Waals surface area (Å²) < 4.78 is 5.04. The van der Waals surface area contributed by atoms with E-state index in [0.29, 0.717) is 11.3 Å². The third kappa shape index (κ3) is 4.21. The molecule has 0 bridgehead atoms. The zero-order valence-corrected chi connectivity index (χ0v) is 14.8. The smallest absolute Gasteiger partial charge is 0.342 e. The van der Waals surface area contributed by atoms with Crippen LogP contribution in [0.5, 0.6) is 0 Å². The van der Waals surface area contributed by atoms with Gasteiger partial charge in [-0.15, -0.1) is 0 Å². The van der Waals surface area contributed by atoms with Gasteiger partial charge in [-0.2, -0.15) is 5.10 Å². The molecule has 0 fully saturated rings. The zero-order valence-electron chi connectivity index (χ0n) is 14.8. The van der Waals surface area contributed by atoms with Crippen molar-refractivity contribution < 1.29 is 19.2 Å². The third-order valence-electron chi connectivity index (χ3n) is 3.95. The lowest BCUT2D eigenvalue weighted by Crippen LogP contribution is -2.21. The van der Waals surface area contributed by atoms with Crippen LogP contribution in [-0.4, -0.2) is 33.6 Å². The van der Waals surface area contributed by atoms with Crippen LogP contribution < -0.4 is 5.32 Å². The molecule has 1 amide bonds. The van der Waals surface area contributed by atoms with E-state index in [4.69, 9.17) is 4.74 Å². The number of ether oxygens (including phenoxy) is 1. The Morgan fingerprint density at radius 1 is 1.21 bits per heavy atom. The summed E-state index contributed by atoms with van der Waals surface area (Å²) in [7, 11) is 0. The number of nitrogens with zero attached hydrogens (tertiary/aromatic N) is 2. The highest BCUT2D eigenvalue weighted by Crippen LogP contribution is 2.23. The molecule has 142 valence electrons. The molecule has 1 aromatic heterocycles. The number of amides is 1. The average Bonchev–Trinajstić information content (AvgIpc) is 3.18. The quantitative estimate of drug-likeness (QED) is 0.384. The first-order valence-electron chi connectivity index (χ1n) is 8.26. The molecule has 9 heteroatoms. The van der Waals surface area contributed by atoms with Crippen LogP contribution in [0.1, 0.15) is 15.9 Å². The minimum absolute atomic E-state index is 0.110. The molecule has 0 saturated carbocycles. The summed E-state index contributed by atoms with van der Waals surface area (Å²) in [5.41, 5.74) is 2.05. The molecule has 3 aromatic rings. The molecule has 0 aliphatic rings. The molecular formula is C19H16N4O5. The maximum Gasteiger partial charge on any atom is 0.342 e. The number of hydrogen-bond acceptors (Lipinski definition) is 6. The lowest BCUT2D eigenvalue weighted by Gasteiger charge is -2.07. The number of esters is 1. The SMILES string of the molecule is Cc1ccc(NC(=O)COC(=O)c2cn[nH]c2-c2ccccc2)cc1[N+](=O)[O-]. The van der Waals surface area contributed by atoms with Gasteiger partial charge in [-0.25, -0.2) is 4.79 Å². The number of rotatable bonds is 6. The highest BCUT2D eigenvalue weighted by atomic mass is 16.6. The molecule has 2 N–H and O–H groups in total. The van der Waals surface area contributed by atoms with Gasteiger partial charge >= 0.3 is 5.97 Å². The van der Waals surface area contributed by atoms with Gasteiger partial charge in [0.05, 0.1) is 16.8 Å². The van der Waals surface area contributed by atoms with Crippen LogP contribution in [0.15, 0.2) is 54.7 Å². The number of nitro benzene ring substituents is 1. The maximum atomic E-state index is 12.3. The first kappa shape index (κ1) is 18.8. The molecule has 9 nitrogen and oxygen atoms in total. The van der Waals surface area contributed by atoms with E-state index in [2.05, 4.69) is 15.5 Å². The monoisotopic (exact) mass is 380 g/mol. The van der Waals surface area contributed by atoms with Crippen molar-refractivity contribution in [3.63, 3.8) is 0 Å². The second-order valence-electron chi connectivity index (χ2n) is 5.91. The second-order valence-corrected chi connectivity index (χ2v) is 5.91. The van der Waals surface area contributed by atoms with E-state index >= 15 is 0 Å². The van der Waals surface area contributed by atoms with Gasteiger partial charge in [0.1, 0.15) is 5.56 Å². The summed E-state index contributed by atoms with van der Waals surface area (Å²) in [4.78, 5) is 34.8. The summed E-state index contributed by atoms with van der Waals surface area (Å²) in [6.07, 6.45) is 1.33. The first-order chi connectivity index (χ1) is 13.5. The van der Waals surface area contributed by atoms with Crippen molar-refractivity contribution in [2.24, 2.45) is 0 Å². The topological polar surface area (TPSA) is 127 Å². The summed E-state index contributed by atoms with van der Waals surface area (Å²) in [6, 6.07) is 13.4. The van der Waals surface area contributed by atoms with Crippen molar-refractivity contribution in [3.05, 3.63) is 76.0 Å². The Labute approximate surface area is 159 Å². The molecule has 3 rings (SSSR count). The summed E-state index contributed by atoms with van der Waals surface area (Å²) in [5, 5.41) is 20.0. The molecule has 1 heterocycles. The van der Waals surface area contributed by atoms with Gasteiger partial charge in [0.15, 0.2) is 6.61 Å². The van der Waals surface area contributed by atoms with Gasteiger partial charge < -0.3 is 10.1 Å². The first-order valence-corrected chi connectivity index (χ1v) is 8.26. The minimum Gasteiger partial charge on any atom is -0.452 e. The van der Waals surface area contributed by atoms with Gasteiger partial charge in [-0.3, -0.25) is 20.0 Å². The van der Waals surface area contributed by atoms with Crippen LogP contribution in [-0.2, 0) is 9.53 Å². The Balaban J connectivity index is 1.63. The summed E-state index contributed by atoms with van der Waals surface area (Å²) in [5.74, 6) is -1.33. The standard InChI is InChI=1S/C19H16N4O5/c1-12-7-8-14(9-16(12)23(26)27)21-17(24)11-28-19(25)15-10-20-22-18(15)13-5-3-2-4-6-13/h2-10H,11H2,1H3,(H,20,22)(H,21,24). The number of anilines is 1. The Bertz CT molecular complexity index is 1030. The molecule has 0 radical (unpaired) electrons. The number of carbonyl (C=O) groups excluding carboxylic acids is 2. The normalized spacial score (nSPS) is 10.3. The number of aromatic nitrogens is 2. The molecule has 0 unspecified atom stereocenters. The Kier molecular flexibility index (Phi) is 5.45. The summed E-state index contributed by atoms with van der Waals surface area (Å²) in [6.45, 7) is 1.06. The average molecular weight is 380 g/mol. The molecule has 0 aliphatic heterocycles. The predicted octanol–water partition coefficient (Wildman–Crippen LogP) is 3.09. The van der Waals surface area contributed by atoms with Crippen molar-refractivity contribution in [1.82, 2.24) is 10.2 Å². The predicted molar refractivity (Wildman–Crippen MR) is 101 cm³/mol. The van der Waals surface area contributed by atoms with Gasteiger partial charge in [-0.1, -0.05) is 36.4 Å². The Morgan fingerprint density at radius 3 is 2.68 bits per heavy atom. The fourth-order valence-electron chi connectivity index (χ4n) is 2.56. The zero-order chi connectivity index (χ0) is 20.1. The van der Waals surface area contributed by atoms with Crippen LogP contribution >= 0.6 is 0 Å². The van der Waals surface area contributed by atoms with Crippen molar-refractivity contribution in [3.8, 4) is 11.3 Å². The van der Waals surface area contributed by atoms with E-state index in [0.717, 1.165) is 5.56 Å². The van der Waals surface area contributed by atoms with Crippen molar-refractivity contribution in [2.45, 2.75) is 6.92 Å². The second kappa shape index (κ2) is 8.12. The lowest BCUT2D eigenvalue weighted by molar-refractivity contribution is -0.385. The highest BCUT2D eigenvalue weighted by molar-refractivity contribution is 5.98. The third-order valence-corrected chi connectivity index (χ3v) is 3.95. The van der Waals surface area contributed by atoms with E-state index in [9.17, 15) is 19.7 Å². The van der Waals surface area contributed by atoms with Crippen LogP contribution in [0, 0.1) is 17.0 Å².